The normalized spacial score (nSPS) is 17.5. The molecule has 1 aliphatic rings. The first-order valence-electron chi connectivity index (χ1n) is 6.99. The molecule has 2 N–H and O–H groups in total. The zero-order valence-corrected chi connectivity index (χ0v) is 12.2. The van der Waals surface area contributed by atoms with Crippen LogP contribution in [0.1, 0.15) is 38.3 Å². The molecular formula is C16H26N2. The van der Waals surface area contributed by atoms with Gasteiger partial charge in [0.05, 0.1) is 0 Å². The average molecular weight is 246 g/mol. The van der Waals surface area contributed by atoms with E-state index in [9.17, 15) is 0 Å². The van der Waals surface area contributed by atoms with Gasteiger partial charge in [-0.1, -0.05) is 38.5 Å². The van der Waals surface area contributed by atoms with Gasteiger partial charge >= 0.3 is 0 Å². The van der Waals surface area contributed by atoms with Crippen LogP contribution in [0.15, 0.2) is 18.2 Å². The molecule has 0 aromatic heterocycles. The quantitative estimate of drug-likeness (QED) is 0.868. The molecule has 1 heterocycles. The van der Waals surface area contributed by atoms with Gasteiger partial charge in [-0.2, -0.15) is 0 Å². The Balaban J connectivity index is 2.37. The minimum atomic E-state index is 0.217. The number of hydrogen-bond donors (Lipinski definition) is 1. The molecular weight excluding hydrogens is 220 g/mol. The minimum absolute atomic E-state index is 0.217. The summed E-state index contributed by atoms with van der Waals surface area (Å²) in [6.45, 7) is 10.9. The molecule has 1 aliphatic heterocycles. The number of fused-ring (bicyclic) bond motifs is 1. The minimum Gasteiger partial charge on any atom is -0.367 e. The maximum Gasteiger partial charge on any atom is 0.0460 e. The third kappa shape index (κ3) is 2.54. The lowest BCUT2D eigenvalue weighted by Gasteiger charge is -2.44. The van der Waals surface area contributed by atoms with Gasteiger partial charge in [0.2, 0.25) is 0 Å². The van der Waals surface area contributed by atoms with Crippen LogP contribution in [0.25, 0.3) is 0 Å². The molecule has 0 aliphatic carbocycles. The van der Waals surface area contributed by atoms with Crippen molar-refractivity contribution in [3.63, 3.8) is 0 Å². The Morgan fingerprint density at radius 1 is 1.33 bits per heavy atom. The highest BCUT2D eigenvalue weighted by atomic mass is 15.2. The van der Waals surface area contributed by atoms with Crippen molar-refractivity contribution in [1.82, 2.24) is 0 Å². The van der Waals surface area contributed by atoms with E-state index in [0.717, 1.165) is 13.1 Å². The summed E-state index contributed by atoms with van der Waals surface area (Å²) >= 11 is 0. The summed E-state index contributed by atoms with van der Waals surface area (Å²) in [7, 11) is 0. The molecule has 0 amide bonds. The molecule has 2 nitrogen and oxygen atoms in total. The summed E-state index contributed by atoms with van der Waals surface area (Å²) in [4.78, 5) is 2.53. The molecule has 1 aromatic carbocycles. The number of anilines is 1. The standard InChI is InChI=1S/C16H26N2/c1-12-7-8-14-13(10-12)6-5-9-18(14)15(11-17)16(2,3)4/h7-8,10,15H,5-6,9,11,17H2,1-4H3. The topological polar surface area (TPSA) is 29.3 Å². The molecule has 1 unspecified atom stereocenters. The van der Waals surface area contributed by atoms with E-state index >= 15 is 0 Å². The van der Waals surface area contributed by atoms with E-state index in [2.05, 4.69) is 50.8 Å². The zero-order valence-electron chi connectivity index (χ0n) is 12.2. The highest BCUT2D eigenvalue weighted by Crippen LogP contribution is 2.34. The first-order chi connectivity index (χ1) is 8.43. The summed E-state index contributed by atoms with van der Waals surface area (Å²) < 4.78 is 0. The number of aryl methyl sites for hydroxylation is 2. The lowest BCUT2D eigenvalue weighted by Crippen LogP contribution is -2.50. The van der Waals surface area contributed by atoms with E-state index in [0.29, 0.717) is 6.04 Å². The predicted molar refractivity (Wildman–Crippen MR) is 79.1 cm³/mol. The zero-order chi connectivity index (χ0) is 13.3. The number of hydrogen-bond acceptors (Lipinski definition) is 2. The molecule has 0 saturated carbocycles. The van der Waals surface area contributed by atoms with Gasteiger partial charge in [0.15, 0.2) is 0 Å². The monoisotopic (exact) mass is 246 g/mol. The highest BCUT2D eigenvalue weighted by Gasteiger charge is 2.31. The van der Waals surface area contributed by atoms with Crippen LogP contribution >= 0.6 is 0 Å². The predicted octanol–water partition coefficient (Wildman–Crippen LogP) is 3.12. The Bertz CT molecular complexity index is 418. The Labute approximate surface area is 111 Å². The third-order valence-electron chi connectivity index (χ3n) is 3.99. The Morgan fingerprint density at radius 2 is 2.06 bits per heavy atom. The van der Waals surface area contributed by atoms with E-state index in [-0.39, 0.29) is 5.41 Å². The van der Waals surface area contributed by atoms with Crippen LogP contribution in [0, 0.1) is 12.3 Å². The van der Waals surface area contributed by atoms with Crippen LogP contribution in [-0.2, 0) is 6.42 Å². The van der Waals surface area contributed by atoms with Crippen molar-refractivity contribution in [2.75, 3.05) is 18.0 Å². The van der Waals surface area contributed by atoms with Gasteiger partial charge in [-0.25, -0.2) is 0 Å². The summed E-state index contributed by atoms with van der Waals surface area (Å²) in [5, 5.41) is 0. The second kappa shape index (κ2) is 4.93. The summed E-state index contributed by atoms with van der Waals surface area (Å²) in [6, 6.07) is 7.24. The SMILES string of the molecule is Cc1ccc2c(c1)CCCN2C(CN)C(C)(C)C. The van der Waals surface area contributed by atoms with Gasteiger partial charge in [-0.15, -0.1) is 0 Å². The molecule has 0 saturated heterocycles. The number of rotatable bonds is 2. The van der Waals surface area contributed by atoms with E-state index in [1.807, 2.05) is 0 Å². The van der Waals surface area contributed by atoms with E-state index in [1.165, 1.54) is 29.7 Å². The second-order valence-electron chi connectivity index (χ2n) is 6.55. The molecule has 18 heavy (non-hydrogen) atoms. The largest absolute Gasteiger partial charge is 0.367 e. The Hall–Kier alpha value is -1.02. The van der Waals surface area contributed by atoms with E-state index < -0.39 is 0 Å². The molecule has 1 atom stereocenters. The maximum atomic E-state index is 6.04. The van der Waals surface area contributed by atoms with Gasteiger partial charge < -0.3 is 10.6 Å². The van der Waals surface area contributed by atoms with Crippen LogP contribution in [0.5, 0.6) is 0 Å². The van der Waals surface area contributed by atoms with Crippen LogP contribution in [0.4, 0.5) is 5.69 Å². The fraction of sp³-hybridized carbons (Fsp3) is 0.625. The van der Waals surface area contributed by atoms with Gasteiger partial charge in [0, 0.05) is 24.8 Å². The van der Waals surface area contributed by atoms with E-state index in [1.54, 1.807) is 0 Å². The van der Waals surface area contributed by atoms with Crippen molar-refractivity contribution in [2.24, 2.45) is 11.1 Å². The fourth-order valence-electron chi connectivity index (χ4n) is 3.03. The lowest BCUT2D eigenvalue weighted by atomic mass is 9.84. The summed E-state index contributed by atoms with van der Waals surface area (Å²) in [6.07, 6.45) is 2.44. The number of nitrogens with two attached hydrogens (primary N) is 1. The highest BCUT2D eigenvalue weighted by molar-refractivity contribution is 5.57. The van der Waals surface area contributed by atoms with Crippen molar-refractivity contribution in [1.29, 1.82) is 0 Å². The van der Waals surface area contributed by atoms with Crippen LogP contribution < -0.4 is 10.6 Å². The van der Waals surface area contributed by atoms with Gasteiger partial charge in [-0.05, 0) is 36.8 Å². The number of benzene rings is 1. The van der Waals surface area contributed by atoms with Crippen LogP contribution in [0.3, 0.4) is 0 Å². The molecule has 100 valence electrons. The van der Waals surface area contributed by atoms with Crippen molar-refractivity contribution < 1.29 is 0 Å². The summed E-state index contributed by atoms with van der Waals surface area (Å²) in [5.74, 6) is 0. The van der Waals surface area contributed by atoms with Crippen molar-refractivity contribution >= 4 is 5.69 Å². The smallest absolute Gasteiger partial charge is 0.0460 e. The second-order valence-corrected chi connectivity index (χ2v) is 6.55. The Morgan fingerprint density at radius 3 is 2.67 bits per heavy atom. The van der Waals surface area contributed by atoms with Crippen molar-refractivity contribution in [3.05, 3.63) is 29.3 Å². The first-order valence-corrected chi connectivity index (χ1v) is 6.99. The molecule has 0 radical (unpaired) electrons. The Kier molecular flexibility index (Phi) is 3.67. The summed E-state index contributed by atoms with van der Waals surface area (Å²) in [5.41, 5.74) is 10.5. The molecule has 0 fully saturated rings. The average Bonchev–Trinajstić information content (AvgIpc) is 2.27. The third-order valence-corrected chi connectivity index (χ3v) is 3.99. The molecule has 2 heteroatoms. The molecule has 1 aromatic rings. The van der Waals surface area contributed by atoms with E-state index in [4.69, 9.17) is 5.73 Å². The molecule has 0 bridgehead atoms. The van der Waals surface area contributed by atoms with Gasteiger partial charge in [0.25, 0.3) is 0 Å². The molecule has 0 spiro atoms. The van der Waals surface area contributed by atoms with Gasteiger partial charge in [0.1, 0.15) is 0 Å². The van der Waals surface area contributed by atoms with Crippen LogP contribution in [-0.4, -0.2) is 19.1 Å². The maximum absolute atomic E-state index is 6.04. The fourth-order valence-corrected chi connectivity index (χ4v) is 3.03. The molecule has 2 rings (SSSR count). The van der Waals surface area contributed by atoms with Crippen molar-refractivity contribution in [3.8, 4) is 0 Å². The van der Waals surface area contributed by atoms with Gasteiger partial charge in [-0.3, -0.25) is 0 Å². The lowest BCUT2D eigenvalue weighted by molar-refractivity contribution is 0.304. The first kappa shape index (κ1) is 13.4. The van der Waals surface area contributed by atoms with Crippen LogP contribution in [0.2, 0.25) is 0 Å². The van der Waals surface area contributed by atoms with Crippen molar-refractivity contribution in [2.45, 2.75) is 46.6 Å². The number of nitrogens with zero attached hydrogens (tertiary/aromatic N) is 1.